The summed E-state index contributed by atoms with van der Waals surface area (Å²) in [6.07, 6.45) is 2.69. The lowest BCUT2D eigenvalue weighted by molar-refractivity contribution is 0.314. The Balaban J connectivity index is 1.98. The first-order valence-electron chi connectivity index (χ1n) is 6.54. The second-order valence-electron chi connectivity index (χ2n) is 5.24. The smallest absolute Gasteiger partial charge is 0.0239 e. The van der Waals surface area contributed by atoms with Crippen molar-refractivity contribution >= 4 is 15.9 Å². The van der Waals surface area contributed by atoms with Gasteiger partial charge >= 0.3 is 0 Å². The van der Waals surface area contributed by atoms with Gasteiger partial charge in [-0.15, -0.1) is 0 Å². The Bertz CT molecular complexity index is 355. The summed E-state index contributed by atoms with van der Waals surface area (Å²) in [5, 5.41) is 1.15. The minimum atomic E-state index is 0.902. The maximum absolute atomic E-state index is 3.55. The Kier molecular flexibility index (Phi) is 4.63. The zero-order valence-electron chi connectivity index (χ0n) is 10.9. The molecule has 0 aliphatic carbocycles. The van der Waals surface area contributed by atoms with E-state index in [0.717, 1.165) is 17.8 Å². The zero-order chi connectivity index (χ0) is 12.3. The highest BCUT2D eigenvalue weighted by Gasteiger charge is 2.22. The van der Waals surface area contributed by atoms with E-state index < -0.39 is 0 Å². The number of rotatable bonds is 4. The third kappa shape index (κ3) is 3.32. The summed E-state index contributed by atoms with van der Waals surface area (Å²) in [6, 6.07) is 6.62. The fourth-order valence-corrected chi connectivity index (χ4v) is 3.42. The molecule has 94 valence electrons. The molecule has 1 saturated heterocycles. The van der Waals surface area contributed by atoms with Gasteiger partial charge in [0.1, 0.15) is 0 Å². The molecule has 1 fully saturated rings. The Hall–Kier alpha value is -0.340. The van der Waals surface area contributed by atoms with Gasteiger partial charge in [0.2, 0.25) is 0 Å². The summed E-state index contributed by atoms with van der Waals surface area (Å²) in [7, 11) is 0. The van der Waals surface area contributed by atoms with Gasteiger partial charge in [-0.3, -0.25) is 4.90 Å². The summed E-state index contributed by atoms with van der Waals surface area (Å²) < 4.78 is 0. The molecule has 2 rings (SSSR count). The number of halogens is 1. The Morgan fingerprint density at radius 2 is 2.00 bits per heavy atom. The van der Waals surface area contributed by atoms with Gasteiger partial charge < -0.3 is 0 Å². The van der Waals surface area contributed by atoms with E-state index in [2.05, 4.69) is 52.9 Å². The lowest BCUT2D eigenvalue weighted by atomic mass is 10.0. The lowest BCUT2D eigenvalue weighted by Crippen LogP contribution is -2.21. The maximum atomic E-state index is 3.55. The van der Waals surface area contributed by atoms with E-state index >= 15 is 0 Å². The normalized spacial score (nSPS) is 21.0. The van der Waals surface area contributed by atoms with Crippen LogP contribution in [-0.2, 0) is 6.54 Å². The molecule has 2 heteroatoms. The monoisotopic (exact) mass is 295 g/mol. The van der Waals surface area contributed by atoms with Crippen molar-refractivity contribution in [3.8, 4) is 0 Å². The molecule has 1 aliphatic rings. The SMILES string of the molecule is Cc1cccc(C)c1CN1CCC(CCBr)C1. The molecular weight excluding hydrogens is 274 g/mol. The Morgan fingerprint density at radius 1 is 1.29 bits per heavy atom. The topological polar surface area (TPSA) is 3.24 Å². The second-order valence-corrected chi connectivity index (χ2v) is 6.03. The molecule has 1 aliphatic heterocycles. The van der Waals surface area contributed by atoms with Crippen LogP contribution in [0.15, 0.2) is 18.2 Å². The van der Waals surface area contributed by atoms with Crippen LogP contribution in [0.4, 0.5) is 0 Å². The first-order chi connectivity index (χ1) is 8.20. The quantitative estimate of drug-likeness (QED) is 0.761. The highest BCUT2D eigenvalue weighted by atomic mass is 79.9. The third-order valence-corrected chi connectivity index (χ3v) is 4.37. The van der Waals surface area contributed by atoms with Gasteiger partial charge in [0.05, 0.1) is 0 Å². The number of hydrogen-bond acceptors (Lipinski definition) is 1. The predicted octanol–water partition coefficient (Wildman–Crippen LogP) is 3.91. The fourth-order valence-electron chi connectivity index (χ4n) is 2.77. The van der Waals surface area contributed by atoms with Crippen LogP contribution < -0.4 is 0 Å². The highest BCUT2D eigenvalue weighted by Crippen LogP contribution is 2.24. The van der Waals surface area contributed by atoms with Gasteiger partial charge in [0.15, 0.2) is 0 Å². The number of alkyl halides is 1. The Morgan fingerprint density at radius 3 is 2.65 bits per heavy atom. The molecule has 1 heterocycles. The zero-order valence-corrected chi connectivity index (χ0v) is 12.5. The van der Waals surface area contributed by atoms with Crippen molar-refractivity contribution in [2.45, 2.75) is 33.2 Å². The molecule has 0 saturated carbocycles. The van der Waals surface area contributed by atoms with Crippen molar-refractivity contribution < 1.29 is 0 Å². The molecule has 0 spiro atoms. The molecule has 1 aromatic rings. The largest absolute Gasteiger partial charge is 0.299 e. The molecule has 0 amide bonds. The number of benzene rings is 1. The van der Waals surface area contributed by atoms with E-state index in [9.17, 15) is 0 Å². The fraction of sp³-hybridized carbons (Fsp3) is 0.600. The van der Waals surface area contributed by atoms with Crippen molar-refractivity contribution in [1.82, 2.24) is 4.90 Å². The van der Waals surface area contributed by atoms with Gasteiger partial charge in [0.25, 0.3) is 0 Å². The number of nitrogens with zero attached hydrogens (tertiary/aromatic N) is 1. The van der Waals surface area contributed by atoms with Gasteiger partial charge in [-0.1, -0.05) is 34.1 Å². The molecular formula is C15H22BrN. The van der Waals surface area contributed by atoms with Crippen molar-refractivity contribution in [2.24, 2.45) is 5.92 Å². The molecule has 0 bridgehead atoms. The molecule has 0 radical (unpaired) electrons. The molecule has 17 heavy (non-hydrogen) atoms. The van der Waals surface area contributed by atoms with E-state index in [4.69, 9.17) is 0 Å². The first kappa shape index (κ1) is 13.1. The average molecular weight is 296 g/mol. The summed E-state index contributed by atoms with van der Waals surface area (Å²) in [5.74, 6) is 0.902. The van der Waals surface area contributed by atoms with Crippen molar-refractivity contribution in [3.05, 3.63) is 34.9 Å². The minimum Gasteiger partial charge on any atom is -0.299 e. The molecule has 1 atom stereocenters. The van der Waals surface area contributed by atoms with Crippen molar-refractivity contribution in [3.63, 3.8) is 0 Å². The van der Waals surface area contributed by atoms with Crippen LogP contribution in [0, 0.1) is 19.8 Å². The van der Waals surface area contributed by atoms with Crippen molar-refractivity contribution in [2.75, 3.05) is 18.4 Å². The van der Waals surface area contributed by atoms with Crippen LogP contribution >= 0.6 is 15.9 Å². The average Bonchev–Trinajstić information content (AvgIpc) is 2.72. The van der Waals surface area contributed by atoms with Crippen LogP contribution in [0.1, 0.15) is 29.5 Å². The Labute approximate surface area is 113 Å². The van der Waals surface area contributed by atoms with E-state index in [1.54, 1.807) is 0 Å². The second kappa shape index (κ2) is 6.01. The van der Waals surface area contributed by atoms with E-state index in [0.29, 0.717) is 0 Å². The number of likely N-dealkylation sites (tertiary alicyclic amines) is 1. The number of aryl methyl sites for hydroxylation is 2. The standard InChI is InChI=1S/C15H22BrN/c1-12-4-3-5-13(2)15(12)11-17-9-7-14(10-17)6-8-16/h3-5,14H,6-11H2,1-2H3. The van der Waals surface area contributed by atoms with E-state index in [1.807, 2.05) is 0 Å². The van der Waals surface area contributed by atoms with Gasteiger partial charge in [-0.25, -0.2) is 0 Å². The predicted molar refractivity (Wildman–Crippen MR) is 77.7 cm³/mol. The van der Waals surface area contributed by atoms with Gasteiger partial charge in [-0.2, -0.15) is 0 Å². The lowest BCUT2D eigenvalue weighted by Gasteiger charge is -2.19. The van der Waals surface area contributed by atoms with E-state index in [-0.39, 0.29) is 0 Å². The molecule has 1 aromatic carbocycles. The maximum Gasteiger partial charge on any atom is 0.0239 e. The minimum absolute atomic E-state index is 0.902. The summed E-state index contributed by atoms with van der Waals surface area (Å²) >= 11 is 3.55. The highest BCUT2D eigenvalue weighted by molar-refractivity contribution is 9.09. The molecule has 1 nitrogen and oxygen atoms in total. The van der Waals surface area contributed by atoms with Crippen LogP contribution in [0.2, 0.25) is 0 Å². The summed E-state index contributed by atoms with van der Waals surface area (Å²) in [6.45, 7) is 8.14. The van der Waals surface area contributed by atoms with Crippen LogP contribution in [0.25, 0.3) is 0 Å². The molecule has 0 aromatic heterocycles. The third-order valence-electron chi connectivity index (χ3n) is 3.91. The van der Waals surface area contributed by atoms with Gasteiger partial charge in [-0.05, 0) is 55.8 Å². The summed E-state index contributed by atoms with van der Waals surface area (Å²) in [4.78, 5) is 2.61. The van der Waals surface area contributed by atoms with Crippen LogP contribution in [0.3, 0.4) is 0 Å². The number of hydrogen-bond donors (Lipinski definition) is 0. The van der Waals surface area contributed by atoms with Crippen molar-refractivity contribution in [1.29, 1.82) is 0 Å². The summed E-state index contributed by atoms with van der Waals surface area (Å²) in [5.41, 5.74) is 4.41. The van der Waals surface area contributed by atoms with Crippen LogP contribution in [-0.4, -0.2) is 23.3 Å². The van der Waals surface area contributed by atoms with E-state index in [1.165, 1.54) is 42.6 Å². The molecule has 0 N–H and O–H groups in total. The van der Waals surface area contributed by atoms with Gasteiger partial charge in [0, 0.05) is 18.4 Å². The first-order valence-corrected chi connectivity index (χ1v) is 7.66. The molecule has 1 unspecified atom stereocenters. The van der Waals surface area contributed by atoms with Crippen LogP contribution in [0.5, 0.6) is 0 Å².